The molecule has 0 aliphatic carbocycles. The van der Waals surface area contributed by atoms with Crippen molar-refractivity contribution in [3.8, 4) is 0 Å². The minimum absolute atomic E-state index is 0. The summed E-state index contributed by atoms with van der Waals surface area (Å²) in [6, 6.07) is 10.1. The Bertz CT molecular complexity index is 613. The molecule has 0 aromatic heterocycles. The Morgan fingerprint density at radius 3 is 1.76 bits per heavy atom. The maximum atomic E-state index is 9.83. The van der Waals surface area contributed by atoms with Crippen molar-refractivity contribution >= 4 is 5.97 Å². The first kappa shape index (κ1) is 44.1. The predicted molar refractivity (Wildman–Crippen MR) is 147 cm³/mol. The second kappa shape index (κ2) is 35.2. The van der Waals surface area contributed by atoms with Crippen LogP contribution in [0.1, 0.15) is 100.0 Å². The van der Waals surface area contributed by atoms with E-state index in [1.807, 2.05) is 58.0 Å². The second-order valence-electron chi connectivity index (χ2n) is 7.71. The van der Waals surface area contributed by atoms with Gasteiger partial charge < -0.3 is 19.5 Å². The Morgan fingerprint density at radius 1 is 0.973 bits per heavy atom. The molecule has 0 saturated heterocycles. The highest BCUT2D eigenvalue weighted by molar-refractivity contribution is 5.62. The lowest BCUT2D eigenvalue weighted by Crippen LogP contribution is -2.15. The second-order valence-corrected chi connectivity index (χ2v) is 7.71. The SMILES string of the molecule is C.CC(=O)O.CCC.CCCC(C)CO[N+](=O)[O-].CCCC(CC)O[N+](=O)[O-].COCc1ccccc1. The van der Waals surface area contributed by atoms with Crippen molar-refractivity contribution in [1.82, 2.24) is 0 Å². The number of rotatable bonds is 12. The van der Waals surface area contributed by atoms with Gasteiger partial charge in [-0.15, -0.1) is 20.2 Å². The van der Waals surface area contributed by atoms with Crippen LogP contribution in [0.2, 0.25) is 0 Å². The van der Waals surface area contributed by atoms with E-state index >= 15 is 0 Å². The minimum Gasteiger partial charge on any atom is -0.481 e. The highest BCUT2D eigenvalue weighted by Crippen LogP contribution is 2.05. The minimum atomic E-state index is -0.833. The molecule has 1 aromatic carbocycles. The summed E-state index contributed by atoms with van der Waals surface area (Å²) in [5.41, 5.74) is 1.22. The molecule has 0 aliphatic heterocycles. The summed E-state index contributed by atoms with van der Waals surface area (Å²) < 4.78 is 4.93. The van der Waals surface area contributed by atoms with Crippen LogP contribution in [0.5, 0.6) is 0 Å². The maximum absolute atomic E-state index is 9.83. The van der Waals surface area contributed by atoms with Gasteiger partial charge in [-0.25, -0.2) is 0 Å². The third kappa shape index (κ3) is 50.8. The van der Waals surface area contributed by atoms with Crippen LogP contribution in [0.15, 0.2) is 30.3 Å². The van der Waals surface area contributed by atoms with E-state index in [-0.39, 0.29) is 26.1 Å². The maximum Gasteiger partial charge on any atom is 0.300 e. The Balaban J connectivity index is -0.000000121. The Hall–Kier alpha value is -2.95. The fourth-order valence-corrected chi connectivity index (χ4v) is 2.28. The average Bonchev–Trinajstić information content (AvgIpc) is 2.79. The summed E-state index contributed by atoms with van der Waals surface area (Å²) in [5.74, 6) is -0.546. The van der Waals surface area contributed by atoms with Gasteiger partial charge in [0.15, 0.2) is 0 Å². The highest BCUT2D eigenvalue weighted by Gasteiger charge is 2.08. The molecule has 11 nitrogen and oxygen atoms in total. The average molecular weight is 537 g/mol. The molecule has 0 heterocycles. The molecule has 1 rings (SSSR count). The van der Waals surface area contributed by atoms with Gasteiger partial charge in [0.25, 0.3) is 16.1 Å². The molecule has 0 fully saturated rings. The van der Waals surface area contributed by atoms with Crippen molar-refractivity contribution in [2.75, 3.05) is 13.7 Å². The third-order valence-electron chi connectivity index (χ3n) is 3.70. The first-order valence-electron chi connectivity index (χ1n) is 12.3. The molecular formula is C26H52N2O9. The number of ether oxygens (including phenoxy) is 1. The summed E-state index contributed by atoms with van der Waals surface area (Å²) >= 11 is 0. The molecule has 0 aliphatic rings. The first-order valence-corrected chi connectivity index (χ1v) is 12.3. The van der Waals surface area contributed by atoms with Crippen LogP contribution in [-0.2, 0) is 25.8 Å². The van der Waals surface area contributed by atoms with Crippen molar-refractivity contribution in [2.45, 2.75) is 107 Å². The van der Waals surface area contributed by atoms with E-state index in [1.54, 1.807) is 7.11 Å². The molecule has 0 radical (unpaired) electrons. The zero-order chi connectivity index (χ0) is 28.8. The lowest BCUT2D eigenvalue weighted by Gasteiger charge is -2.09. The molecule has 0 saturated carbocycles. The molecule has 220 valence electrons. The van der Waals surface area contributed by atoms with E-state index in [9.17, 15) is 20.2 Å². The normalized spacial score (nSPS) is 10.3. The van der Waals surface area contributed by atoms with Gasteiger partial charge in [0.2, 0.25) is 0 Å². The van der Waals surface area contributed by atoms with Crippen LogP contribution in [0.3, 0.4) is 0 Å². The molecular weight excluding hydrogens is 484 g/mol. The summed E-state index contributed by atoms with van der Waals surface area (Å²) in [5, 5.41) is 25.5. The fraction of sp³-hybridized carbons (Fsp3) is 0.731. The highest BCUT2D eigenvalue weighted by atomic mass is 17.0. The van der Waals surface area contributed by atoms with Gasteiger partial charge in [-0.3, -0.25) is 4.79 Å². The smallest absolute Gasteiger partial charge is 0.300 e. The summed E-state index contributed by atoms with van der Waals surface area (Å²) in [4.78, 5) is 37.1. The van der Waals surface area contributed by atoms with Crippen molar-refractivity contribution in [3.63, 3.8) is 0 Å². The number of hydrogen-bond donors (Lipinski definition) is 1. The van der Waals surface area contributed by atoms with E-state index in [4.69, 9.17) is 14.6 Å². The van der Waals surface area contributed by atoms with Crippen LogP contribution >= 0.6 is 0 Å². The molecule has 0 spiro atoms. The quantitative estimate of drug-likeness (QED) is 0.213. The number of hydrogen-bond acceptors (Lipinski definition) is 8. The molecule has 37 heavy (non-hydrogen) atoms. The Labute approximate surface area is 223 Å². The van der Waals surface area contributed by atoms with Crippen LogP contribution in [0.4, 0.5) is 0 Å². The van der Waals surface area contributed by atoms with E-state index in [2.05, 4.69) is 23.5 Å². The molecule has 1 N–H and O–H groups in total. The largest absolute Gasteiger partial charge is 0.481 e. The molecule has 11 heteroatoms. The predicted octanol–water partition coefficient (Wildman–Crippen LogP) is 7.38. The monoisotopic (exact) mass is 536 g/mol. The van der Waals surface area contributed by atoms with Crippen molar-refractivity contribution in [3.05, 3.63) is 56.1 Å². The lowest BCUT2D eigenvalue weighted by atomic mass is 10.1. The van der Waals surface area contributed by atoms with Gasteiger partial charge in [-0.2, -0.15) is 0 Å². The van der Waals surface area contributed by atoms with Gasteiger partial charge in [0, 0.05) is 14.0 Å². The number of methoxy groups -OCH3 is 1. The van der Waals surface area contributed by atoms with Crippen LogP contribution in [0, 0.1) is 26.1 Å². The van der Waals surface area contributed by atoms with Gasteiger partial charge >= 0.3 is 0 Å². The fourth-order valence-electron chi connectivity index (χ4n) is 2.28. The summed E-state index contributed by atoms with van der Waals surface area (Å²) in [6.07, 6.45) is 5.45. The molecule has 0 amide bonds. The zero-order valence-electron chi connectivity index (χ0n) is 23.3. The van der Waals surface area contributed by atoms with E-state index in [0.29, 0.717) is 13.0 Å². The van der Waals surface area contributed by atoms with Gasteiger partial charge in [0.1, 0.15) is 6.10 Å². The van der Waals surface area contributed by atoms with E-state index < -0.39 is 16.1 Å². The van der Waals surface area contributed by atoms with Gasteiger partial charge in [0.05, 0.1) is 13.2 Å². The van der Waals surface area contributed by atoms with Crippen LogP contribution in [0.25, 0.3) is 0 Å². The van der Waals surface area contributed by atoms with Crippen LogP contribution < -0.4 is 0 Å². The Morgan fingerprint density at radius 2 is 1.43 bits per heavy atom. The molecule has 1 aromatic rings. The number of carbonyl (C=O) groups is 1. The van der Waals surface area contributed by atoms with E-state index in [1.165, 1.54) is 12.0 Å². The first-order chi connectivity index (χ1) is 16.9. The van der Waals surface area contributed by atoms with Gasteiger partial charge in [-0.05, 0) is 30.7 Å². The third-order valence-corrected chi connectivity index (χ3v) is 3.70. The van der Waals surface area contributed by atoms with E-state index in [0.717, 1.165) is 32.6 Å². The number of aliphatic carboxylic acids is 1. The Kier molecular flexibility index (Phi) is 41.9. The van der Waals surface area contributed by atoms with Crippen molar-refractivity contribution in [2.24, 2.45) is 5.92 Å². The van der Waals surface area contributed by atoms with Crippen molar-refractivity contribution < 1.29 is 34.5 Å². The zero-order valence-corrected chi connectivity index (χ0v) is 23.3. The van der Waals surface area contributed by atoms with Gasteiger partial charge in [-0.1, -0.05) is 98.6 Å². The number of benzene rings is 1. The topological polar surface area (TPSA) is 151 Å². The summed E-state index contributed by atoms with van der Waals surface area (Å²) in [7, 11) is 1.70. The number of nitrogens with zero attached hydrogens (tertiary/aromatic N) is 2. The molecule has 2 unspecified atom stereocenters. The van der Waals surface area contributed by atoms with Crippen LogP contribution in [-0.4, -0.2) is 41.1 Å². The summed E-state index contributed by atoms with van der Waals surface area (Å²) in [6.45, 7) is 14.1. The molecule has 2 atom stereocenters. The lowest BCUT2D eigenvalue weighted by molar-refractivity contribution is -0.768. The molecule has 0 bridgehead atoms. The standard InChI is InChI=1S/C8H10O.2C6H13NO3.C3H8.C2H4O2.CH4/c1-9-7-8-5-3-2-4-6-8;1-3-4-6(2)5-10-7(8)9;1-3-5-6(4-2)10-7(8)9;1-3-2;1-2(3)4;/h2-6H,7H2,1H3;2*6H,3-5H2,1-2H3;3H2,1-2H3;1H3,(H,3,4);1H4. The number of carboxylic acid groups (broad SMARTS) is 1. The number of carboxylic acids is 1. The van der Waals surface area contributed by atoms with Crippen molar-refractivity contribution in [1.29, 1.82) is 0 Å².